The molecule has 0 aliphatic carbocycles. The zero-order valence-corrected chi connectivity index (χ0v) is 13.4. The number of hydrogen-bond donors (Lipinski definition) is 0. The monoisotopic (exact) mass is 332 g/mol. The Kier molecular flexibility index (Phi) is 4.98. The van der Waals surface area contributed by atoms with Crippen LogP contribution in [0.1, 0.15) is 13.8 Å². The number of fused-ring (bicyclic) bond motifs is 1. The van der Waals surface area contributed by atoms with Gasteiger partial charge in [0.2, 0.25) is 5.75 Å². The molecule has 0 fully saturated rings. The predicted octanol–water partition coefficient (Wildman–Crippen LogP) is 2.33. The van der Waals surface area contributed by atoms with Crippen molar-refractivity contribution >= 4 is 23.1 Å². The first-order valence-corrected chi connectivity index (χ1v) is 7.04. The van der Waals surface area contributed by atoms with E-state index in [0.717, 1.165) is 5.57 Å². The van der Waals surface area contributed by atoms with E-state index in [0.29, 0.717) is 10.9 Å². The predicted molar refractivity (Wildman–Crippen MR) is 87.5 cm³/mol. The molecular formula is C16H16N2O6. The number of nitro benzene ring substituents is 1. The van der Waals surface area contributed by atoms with Crippen LogP contribution in [0.5, 0.6) is 11.5 Å². The number of allylic oxidation sites excluding steroid dienone is 1. The van der Waals surface area contributed by atoms with Crippen LogP contribution in [0.25, 0.3) is 10.9 Å². The lowest BCUT2D eigenvalue weighted by Crippen LogP contribution is -2.21. The lowest BCUT2D eigenvalue weighted by Gasteiger charge is -2.14. The van der Waals surface area contributed by atoms with E-state index in [1.54, 1.807) is 6.08 Å². The molecule has 1 aromatic carbocycles. The van der Waals surface area contributed by atoms with E-state index in [9.17, 15) is 19.7 Å². The Morgan fingerprint density at radius 2 is 2.04 bits per heavy atom. The van der Waals surface area contributed by atoms with E-state index < -0.39 is 10.5 Å². The highest BCUT2D eigenvalue weighted by Crippen LogP contribution is 2.34. The number of pyridine rings is 1. The van der Waals surface area contributed by atoms with Crippen LogP contribution in [-0.4, -0.2) is 22.6 Å². The quantitative estimate of drug-likeness (QED) is 0.348. The second-order valence-electron chi connectivity index (χ2n) is 5.29. The van der Waals surface area contributed by atoms with Gasteiger partial charge in [0.25, 0.3) is 17.7 Å². The first kappa shape index (κ1) is 17.2. The molecule has 8 nitrogen and oxygen atoms in total. The summed E-state index contributed by atoms with van der Waals surface area (Å²) < 4.78 is 11.6. The molecular weight excluding hydrogens is 316 g/mol. The van der Waals surface area contributed by atoms with Crippen molar-refractivity contribution in [3.05, 3.63) is 50.3 Å². The first-order valence-electron chi connectivity index (χ1n) is 7.04. The van der Waals surface area contributed by atoms with E-state index >= 15 is 0 Å². The summed E-state index contributed by atoms with van der Waals surface area (Å²) >= 11 is 0. The Morgan fingerprint density at radius 3 is 2.62 bits per heavy atom. The fourth-order valence-electron chi connectivity index (χ4n) is 2.17. The van der Waals surface area contributed by atoms with Gasteiger partial charge in [-0.05, 0) is 26.0 Å². The number of rotatable bonds is 6. The molecule has 0 saturated carbocycles. The number of hydrogen-bond acceptors (Lipinski definition) is 6. The van der Waals surface area contributed by atoms with Gasteiger partial charge in [-0.25, -0.2) is 0 Å². The number of carbonyl (C=O) groups excluding carboxylic acids is 1. The molecule has 0 spiro atoms. The number of nitro groups is 1. The summed E-state index contributed by atoms with van der Waals surface area (Å²) in [5, 5.41) is 11.4. The maximum absolute atomic E-state index is 12.4. The van der Waals surface area contributed by atoms with Crippen molar-refractivity contribution in [2.45, 2.75) is 13.8 Å². The van der Waals surface area contributed by atoms with Crippen LogP contribution in [0.3, 0.4) is 0 Å². The molecule has 1 aromatic heterocycles. The second kappa shape index (κ2) is 6.95. The van der Waals surface area contributed by atoms with Gasteiger partial charge in [0.05, 0.1) is 10.4 Å². The minimum absolute atomic E-state index is 0.0765. The standard InChI is InChI=1S/C16H16N2O6/c1-10(2)6-7-23-14-12-5-4-11(18(21)22)8-13(12)17(3)16(20)15(14)24-9-19/h4-6,8-9H,7H2,1-3H3. The Balaban J connectivity index is 2.74. The summed E-state index contributed by atoms with van der Waals surface area (Å²) in [4.78, 5) is 33.5. The van der Waals surface area contributed by atoms with Gasteiger partial charge in [0, 0.05) is 24.6 Å². The van der Waals surface area contributed by atoms with E-state index in [1.807, 2.05) is 13.8 Å². The molecule has 0 radical (unpaired) electrons. The maximum atomic E-state index is 12.4. The molecule has 2 aromatic rings. The number of non-ortho nitro benzene ring substituents is 1. The maximum Gasteiger partial charge on any atom is 0.298 e. The Morgan fingerprint density at radius 1 is 1.33 bits per heavy atom. The molecule has 0 saturated heterocycles. The third-order valence-electron chi connectivity index (χ3n) is 3.39. The van der Waals surface area contributed by atoms with Crippen molar-refractivity contribution in [2.24, 2.45) is 7.05 Å². The van der Waals surface area contributed by atoms with Crippen molar-refractivity contribution in [3.8, 4) is 11.5 Å². The molecule has 0 aliphatic rings. The van der Waals surface area contributed by atoms with Crippen molar-refractivity contribution in [2.75, 3.05) is 6.61 Å². The van der Waals surface area contributed by atoms with Crippen molar-refractivity contribution < 1.29 is 19.2 Å². The van der Waals surface area contributed by atoms with Gasteiger partial charge >= 0.3 is 0 Å². The zero-order chi connectivity index (χ0) is 17.9. The van der Waals surface area contributed by atoms with Crippen LogP contribution in [0.2, 0.25) is 0 Å². The molecule has 8 heteroatoms. The third-order valence-corrected chi connectivity index (χ3v) is 3.39. The van der Waals surface area contributed by atoms with Crippen LogP contribution in [0, 0.1) is 10.1 Å². The summed E-state index contributed by atoms with van der Waals surface area (Å²) in [5.41, 5.74) is 0.537. The largest absolute Gasteiger partial charge is 0.485 e. The van der Waals surface area contributed by atoms with E-state index in [2.05, 4.69) is 0 Å². The smallest absolute Gasteiger partial charge is 0.298 e. The number of ether oxygens (including phenoxy) is 2. The molecule has 0 aliphatic heterocycles. The van der Waals surface area contributed by atoms with Gasteiger partial charge in [-0.2, -0.15) is 0 Å². The van der Waals surface area contributed by atoms with Crippen LogP contribution >= 0.6 is 0 Å². The summed E-state index contributed by atoms with van der Waals surface area (Å²) in [6.07, 6.45) is 1.79. The third kappa shape index (κ3) is 3.27. The summed E-state index contributed by atoms with van der Waals surface area (Å²) in [5.74, 6) is -0.177. The van der Waals surface area contributed by atoms with Gasteiger partial charge in [-0.3, -0.25) is 19.7 Å². The van der Waals surface area contributed by atoms with Crippen molar-refractivity contribution in [1.82, 2.24) is 4.57 Å². The number of nitrogens with zero attached hydrogens (tertiary/aromatic N) is 2. The zero-order valence-electron chi connectivity index (χ0n) is 13.4. The van der Waals surface area contributed by atoms with Crippen LogP contribution in [0.15, 0.2) is 34.6 Å². The average molecular weight is 332 g/mol. The molecule has 1 heterocycles. The van der Waals surface area contributed by atoms with Crippen LogP contribution < -0.4 is 15.0 Å². The highest BCUT2D eigenvalue weighted by Gasteiger charge is 2.20. The molecule has 0 bridgehead atoms. The number of aryl methyl sites for hydroxylation is 1. The Labute approximate surface area is 137 Å². The lowest BCUT2D eigenvalue weighted by molar-refractivity contribution is -0.384. The van der Waals surface area contributed by atoms with Crippen LogP contribution in [-0.2, 0) is 11.8 Å². The van der Waals surface area contributed by atoms with Crippen molar-refractivity contribution in [1.29, 1.82) is 0 Å². The van der Waals surface area contributed by atoms with Gasteiger partial charge in [-0.15, -0.1) is 0 Å². The highest BCUT2D eigenvalue weighted by atomic mass is 16.6. The Hall–Kier alpha value is -3.16. The lowest BCUT2D eigenvalue weighted by atomic mass is 10.1. The van der Waals surface area contributed by atoms with E-state index in [4.69, 9.17) is 9.47 Å². The number of aromatic nitrogens is 1. The molecule has 2 rings (SSSR count). The van der Waals surface area contributed by atoms with Gasteiger partial charge in [-0.1, -0.05) is 5.57 Å². The normalized spacial score (nSPS) is 10.3. The summed E-state index contributed by atoms with van der Waals surface area (Å²) in [6, 6.07) is 4.03. The molecule has 126 valence electrons. The number of benzene rings is 1. The van der Waals surface area contributed by atoms with Crippen LogP contribution in [0.4, 0.5) is 5.69 Å². The second-order valence-corrected chi connectivity index (χ2v) is 5.29. The van der Waals surface area contributed by atoms with Gasteiger partial charge in [0.15, 0.2) is 5.75 Å². The number of carbonyl (C=O) groups is 1. The minimum Gasteiger partial charge on any atom is -0.485 e. The minimum atomic E-state index is -0.623. The van der Waals surface area contributed by atoms with Gasteiger partial charge < -0.3 is 14.0 Å². The first-order chi connectivity index (χ1) is 11.4. The molecule has 0 amide bonds. The fourth-order valence-corrected chi connectivity index (χ4v) is 2.17. The molecule has 0 N–H and O–H groups in total. The highest BCUT2D eigenvalue weighted by molar-refractivity contribution is 5.89. The summed E-state index contributed by atoms with van der Waals surface area (Å²) in [7, 11) is 1.44. The van der Waals surface area contributed by atoms with E-state index in [1.165, 1.54) is 29.8 Å². The fraction of sp³-hybridized carbons (Fsp3) is 0.250. The molecule has 0 atom stereocenters. The van der Waals surface area contributed by atoms with Crippen molar-refractivity contribution in [3.63, 3.8) is 0 Å². The van der Waals surface area contributed by atoms with E-state index in [-0.39, 0.29) is 30.3 Å². The average Bonchev–Trinajstić information content (AvgIpc) is 2.54. The SMILES string of the molecule is CC(C)=CCOc1c(OC=O)c(=O)n(C)c2cc([N+](=O)[O-])ccc12. The van der Waals surface area contributed by atoms with Gasteiger partial charge in [0.1, 0.15) is 6.61 Å². The molecule has 0 unspecified atom stereocenters. The topological polar surface area (TPSA) is 101 Å². The summed E-state index contributed by atoms with van der Waals surface area (Å²) in [6.45, 7) is 4.08. The Bertz CT molecular complexity index is 894. The molecule has 24 heavy (non-hydrogen) atoms.